The maximum absolute atomic E-state index is 13.0. The van der Waals surface area contributed by atoms with Crippen molar-refractivity contribution in [2.75, 3.05) is 11.5 Å². The number of amides is 1. The Morgan fingerprint density at radius 1 is 1.13 bits per heavy atom. The van der Waals surface area contributed by atoms with Crippen LogP contribution in [0, 0.1) is 6.92 Å². The molecule has 1 aromatic heterocycles. The predicted molar refractivity (Wildman–Crippen MR) is 121 cm³/mol. The number of anilines is 1. The van der Waals surface area contributed by atoms with E-state index in [0.717, 1.165) is 4.47 Å². The molecule has 3 aromatic rings. The second-order valence-electron chi connectivity index (χ2n) is 6.78. The van der Waals surface area contributed by atoms with Crippen molar-refractivity contribution in [3.8, 4) is 5.75 Å². The van der Waals surface area contributed by atoms with Crippen molar-refractivity contribution in [3.63, 3.8) is 0 Å². The zero-order chi connectivity index (χ0) is 22.1. The number of aliphatic hydroxyl groups excluding tert-OH is 1. The van der Waals surface area contributed by atoms with Crippen molar-refractivity contribution in [3.05, 3.63) is 74.7 Å². The predicted octanol–water partition coefficient (Wildman–Crippen LogP) is 4.63. The third-order valence-corrected chi connectivity index (χ3v) is 6.16. The van der Waals surface area contributed by atoms with E-state index in [4.69, 9.17) is 4.74 Å². The molecule has 0 unspecified atom stereocenters. The standard InChI is InChI=1S/C22H18BrN3O4S/c1-3-30-16-10-6-14(7-11-16)19(27)17-18(13-4-8-15(23)9-5-13)26(21(29)20(17)28)22-25-24-12(2)31-22/h4-11,18,27H,3H2,1-2H3/t18-/m1/s1. The van der Waals surface area contributed by atoms with E-state index in [1.54, 1.807) is 43.3 Å². The molecule has 7 nitrogen and oxygen atoms in total. The minimum Gasteiger partial charge on any atom is -0.507 e. The number of carbonyl (C=O) groups excluding carboxylic acids is 2. The molecule has 0 saturated carbocycles. The molecule has 1 amide bonds. The lowest BCUT2D eigenvalue weighted by Gasteiger charge is -2.22. The summed E-state index contributed by atoms with van der Waals surface area (Å²) >= 11 is 4.61. The number of aliphatic hydroxyl groups is 1. The van der Waals surface area contributed by atoms with E-state index < -0.39 is 17.7 Å². The number of rotatable bonds is 5. The highest BCUT2D eigenvalue weighted by Crippen LogP contribution is 2.43. The van der Waals surface area contributed by atoms with Gasteiger partial charge in [-0.05, 0) is 55.8 Å². The fraction of sp³-hybridized carbons (Fsp3) is 0.182. The van der Waals surface area contributed by atoms with E-state index >= 15 is 0 Å². The number of ether oxygens (including phenoxy) is 1. The maximum atomic E-state index is 13.0. The van der Waals surface area contributed by atoms with Gasteiger partial charge in [0.15, 0.2) is 0 Å². The van der Waals surface area contributed by atoms with Crippen LogP contribution in [0.1, 0.15) is 29.1 Å². The second kappa shape index (κ2) is 8.60. The lowest BCUT2D eigenvalue weighted by Crippen LogP contribution is -2.29. The molecule has 0 radical (unpaired) electrons. The van der Waals surface area contributed by atoms with Crippen LogP contribution in [0.4, 0.5) is 5.13 Å². The van der Waals surface area contributed by atoms with Gasteiger partial charge < -0.3 is 9.84 Å². The Hall–Kier alpha value is -3.04. The lowest BCUT2D eigenvalue weighted by atomic mass is 9.95. The molecule has 31 heavy (non-hydrogen) atoms. The number of halogens is 1. The number of Topliss-reactive ketones (excluding diaryl/α,β-unsaturated/α-hetero) is 1. The summed E-state index contributed by atoms with van der Waals surface area (Å²) in [5.41, 5.74) is 1.09. The number of ketones is 1. The van der Waals surface area contributed by atoms with Crippen LogP contribution in [0.2, 0.25) is 0 Å². The molecule has 1 N–H and O–H groups in total. The van der Waals surface area contributed by atoms with Crippen molar-refractivity contribution < 1.29 is 19.4 Å². The first-order valence-electron chi connectivity index (χ1n) is 9.50. The highest BCUT2D eigenvalue weighted by atomic mass is 79.9. The zero-order valence-corrected chi connectivity index (χ0v) is 19.1. The fourth-order valence-corrected chi connectivity index (χ4v) is 4.38. The van der Waals surface area contributed by atoms with Crippen LogP contribution in [0.25, 0.3) is 5.76 Å². The average molecular weight is 500 g/mol. The summed E-state index contributed by atoms with van der Waals surface area (Å²) in [5, 5.41) is 20.1. The van der Waals surface area contributed by atoms with Gasteiger partial charge in [-0.2, -0.15) is 0 Å². The number of benzene rings is 2. The molecular formula is C22H18BrN3O4S. The van der Waals surface area contributed by atoms with Crippen LogP contribution in [0.5, 0.6) is 5.75 Å². The number of nitrogens with zero attached hydrogens (tertiary/aromatic N) is 3. The molecule has 9 heteroatoms. The van der Waals surface area contributed by atoms with Gasteiger partial charge in [-0.1, -0.05) is 39.4 Å². The van der Waals surface area contributed by atoms with Crippen LogP contribution < -0.4 is 9.64 Å². The van der Waals surface area contributed by atoms with Gasteiger partial charge in [-0.25, -0.2) is 0 Å². The SMILES string of the molecule is CCOc1ccc(C(O)=C2C(=O)C(=O)N(c3nnc(C)s3)[C@@H]2c2ccc(Br)cc2)cc1. The number of carbonyl (C=O) groups is 2. The number of aryl methyl sites for hydroxylation is 1. The summed E-state index contributed by atoms with van der Waals surface area (Å²) in [4.78, 5) is 27.3. The van der Waals surface area contributed by atoms with Crippen molar-refractivity contribution in [1.29, 1.82) is 0 Å². The topological polar surface area (TPSA) is 92.6 Å². The summed E-state index contributed by atoms with van der Waals surface area (Å²) in [7, 11) is 0. The minimum absolute atomic E-state index is 0.00401. The van der Waals surface area contributed by atoms with Gasteiger partial charge in [0.2, 0.25) is 5.13 Å². The molecule has 2 aromatic carbocycles. The Bertz CT molecular complexity index is 1170. The smallest absolute Gasteiger partial charge is 0.301 e. The van der Waals surface area contributed by atoms with E-state index in [1.807, 2.05) is 19.1 Å². The maximum Gasteiger partial charge on any atom is 0.301 e. The Morgan fingerprint density at radius 3 is 2.39 bits per heavy atom. The van der Waals surface area contributed by atoms with Gasteiger partial charge in [-0.3, -0.25) is 14.5 Å². The van der Waals surface area contributed by atoms with Crippen LogP contribution in [0.3, 0.4) is 0 Å². The van der Waals surface area contributed by atoms with Crippen molar-refractivity contribution in [1.82, 2.24) is 10.2 Å². The average Bonchev–Trinajstić information content (AvgIpc) is 3.30. The van der Waals surface area contributed by atoms with E-state index in [1.165, 1.54) is 16.2 Å². The Labute approximate surface area is 191 Å². The van der Waals surface area contributed by atoms with Crippen molar-refractivity contribution in [2.45, 2.75) is 19.9 Å². The van der Waals surface area contributed by atoms with Gasteiger partial charge in [-0.15, -0.1) is 10.2 Å². The van der Waals surface area contributed by atoms with Gasteiger partial charge in [0, 0.05) is 10.0 Å². The van der Waals surface area contributed by atoms with Crippen molar-refractivity contribution in [2.24, 2.45) is 0 Å². The summed E-state index contributed by atoms with van der Waals surface area (Å²) in [5.74, 6) is -1.13. The number of hydrogen-bond acceptors (Lipinski definition) is 7. The first-order valence-corrected chi connectivity index (χ1v) is 11.1. The zero-order valence-electron chi connectivity index (χ0n) is 16.7. The first-order chi connectivity index (χ1) is 14.9. The van der Waals surface area contributed by atoms with Gasteiger partial charge in [0.1, 0.15) is 16.5 Å². The largest absolute Gasteiger partial charge is 0.507 e. The summed E-state index contributed by atoms with van der Waals surface area (Å²) in [6.45, 7) is 4.16. The molecule has 1 fully saturated rings. The molecule has 1 aliphatic rings. The normalized spacial score (nSPS) is 17.9. The third kappa shape index (κ3) is 3.98. The summed E-state index contributed by atoms with van der Waals surface area (Å²) in [6.07, 6.45) is 0. The molecule has 2 heterocycles. The van der Waals surface area contributed by atoms with E-state index in [-0.39, 0.29) is 11.3 Å². The molecule has 0 aliphatic carbocycles. The van der Waals surface area contributed by atoms with Gasteiger partial charge in [0.05, 0.1) is 18.2 Å². The molecule has 4 rings (SSSR count). The van der Waals surface area contributed by atoms with E-state index in [9.17, 15) is 14.7 Å². The van der Waals surface area contributed by atoms with Crippen LogP contribution >= 0.6 is 27.3 Å². The molecule has 0 bridgehead atoms. The molecule has 158 valence electrons. The highest BCUT2D eigenvalue weighted by Gasteiger charge is 2.48. The van der Waals surface area contributed by atoms with Crippen LogP contribution in [-0.2, 0) is 9.59 Å². The Kier molecular flexibility index (Phi) is 5.88. The summed E-state index contributed by atoms with van der Waals surface area (Å²) in [6, 6.07) is 13.1. The van der Waals surface area contributed by atoms with E-state index in [0.29, 0.717) is 33.6 Å². The minimum atomic E-state index is -0.827. The van der Waals surface area contributed by atoms with E-state index in [2.05, 4.69) is 26.1 Å². The number of aromatic nitrogens is 2. The van der Waals surface area contributed by atoms with Crippen LogP contribution in [-0.4, -0.2) is 33.6 Å². The Morgan fingerprint density at radius 2 is 1.81 bits per heavy atom. The molecular weight excluding hydrogens is 482 g/mol. The molecule has 1 atom stereocenters. The highest BCUT2D eigenvalue weighted by molar-refractivity contribution is 9.10. The van der Waals surface area contributed by atoms with Crippen LogP contribution in [0.15, 0.2) is 58.6 Å². The molecule has 1 saturated heterocycles. The third-order valence-electron chi connectivity index (χ3n) is 4.79. The molecule has 1 aliphatic heterocycles. The molecule has 0 spiro atoms. The van der Waals surface area contributed by atoms with Gasteiger partial charge in [0.25, 0.3) is 5.78 Å². The lowest BCUT2D eigenvalue weighted by molar-refractivity contribution is -0.132. The van der Waals surface area contributed by atoms with Gasteiger partial charge >= 0.3 is 5.91 Å². The number of hydrogen-bond donors (Lipinski definition) is 1. The fourth-order valence-electron chi connectivity index (χ4n) is 3.40. The quantitative estimate of drug-likeness (QED) is 0.312. The monoisotopic (exact) mass is 499 g/mol. The summed E-state index contributed by atoms with van der Waals surface area (Å²) < 4.78 is 6.29. The second-order valence-corrected chi connectivity index (χ2v) is 8.86. The van der Waals surface area contributed by atoms with Crippen molar-refractivity contribution >= 4 is 49.8 Å². The Balaban J connectivity index is 1.87. The first kappa shape index (κ1) is 21.2.